The van der Waals surface area contributed by atoms with Crippen LogP contribution in [0.4, 0.5) is 11.4 Å². The van der Waals surface area contributed by atoms with E-state index in [4.69, 9.17) is 0 Å². The number of aliphatic hydroxyl groups is 1. The minimum atomic E-state index is -0.500. The number of aryl methyl sites for hydroxylation is 2. The molecule has 106 valence electrons. The fourth-order valence-corrected chi connectivity index (χ4v) is 2.09. The highest BCUT2D eigenvalue weighted by molar-refractivity contribution is 5.62. The van der Waals surface area contributed by atoms with Gasteiger partial charge in [0.1, 0.15) is 0 Å². The Balaban J connectivity index is 2.34. The van der Waals surface area contributed by atoms with Gasteiger partial charge in [-0.1, -0.05) is 19.1 Å². The van der Waals surface area contributed by atoms with Crippen molar-refractivity contribution in [1.29, 1.82) is 0 Å². The highest BCUT2D eigenvalue weighted by Crippen LogP contribution is 2.22. The average Bonchev–Trinajstić information content (AvgIpc) is 2.42. The molecule has 1 heterocycles. The van der Waals surface area contributed by atoms with Gasteiger partial charge in [-0.25, -0.2) is 0 Å². The molecule has 0 aliphatic rings. The Hall–Kier alpha value is -2.07. The Bertz CT molecular complexity index is 660. The molecule has 1 atom stereocenters. The van der Waals surface area contributed by atoms with E-state index in [1.54, 1.807) is 6.92 Å². The Morgan fingerprint density at radius 2 is 2.10 bits per heavy atom. The topological polar surface area (TPSA) is 65.1 Å². The molecule has 4 nitrogen and oxygen atoms in total. The normalized spacial score (nSPS) is 12.2. The summed E-state index contributed by atoms with van der Waals surface area (Å²) in [5.41, 5.74) is 4.14. The number of pyridine rings is 1. The summed E-state index contributed by atoms with van der Waals surface area (Å²) >= 11 is 0. The van der Waals surface area contributed by atoms with Gasteiger partial charge in [-0.3, -0.25) is 4.79 Å². The number of aromatic amines is 1. The van der Waals surface area contributed by atoms with Gasteiger partial charge in [0.2, 0.25) is 0 Å². The molecule has 0 saturated heterocycles. The number of aromatic nitrogens is 1. The molecule has 0 radical (unpaired) electrons. The van der Waals surface area contributed by atoms with E-state index in [2.05, 4.69) is 10.3 Å². The van der Waals surface area contributed by atoms with Crippen molar-refractivity contribution in [1.82, 2.24) is 4.98 Å². The lowest BCUT2D eigenvalue weighted by molar-refractivity contribution is 0.199. The molecule has 0 saturated carbocycles. The Morgan fingerprint density at radius 1 is 1.35 bits per heavy atom. The molecule has 3 N–H and O–H groups in total. The number of nitrogens with one attached hydrogen (secondary N) is 2. The summed E-state index contributed by atoms with van der Waals surface area (Å²) in [5.74, 6) is 0. The zero-order valence-corrected chi connectivity index (χ0v) is 12.0. The molecule has 0 aliphatic carbocycles. The molecule has 0 spiro atoms. The number of aliphatic hydroxyl groups excluding tert-OH is 1. The number of benzene rings is 1. The SMILES string of the molecule is CCc1cc(Nc2cccc(C(C)O)c2)c(C)[nH]c1=O. The molecule has 0 fully saturated rings. The van der Waals surface area contributed by atoms with E-state index < -0.39 is 6.10 Å². The third kappa shape index (κ3) is 3.08. The molecule has 20 heavy (non-hydrogen) atoms. The van der Waals surface area contributed by atoms with Gasteiger partial charge in [0, 0.05) is 16.9 Å². The van der Waals surface area contributed by atoms with Gasteiger partial charge >= 0.3 is 0 Å². The second-order valence-corrected chi connectivity index (χ2v) is 4.94. The minimum absolute atomic E-state index is 0.0340. The molecule has 1 aromatic carbocycles. The number of hydrogen-bond donors (Lipinski definition) is 3. The Kier molecular flexibility index (Phi) is 4.25. The zero-order chi connectivity index (χ0) is 14.7. The maximum atomic E-state index is 11.7. The predicted molar refractivity (Wildman–Crippen MR) is 81.5 cm³/mol. The predicted octanol–water partition coefficient (Wildman–Crippen LogP) is 3.04. The molecular formula is C16H20N2O2. The minimum Gasteiger partial charge on any atom is -0.389 e. The van der Waals surface area contributed by atoms with Crippen LogP contribution in [-0.4, -0.2) is 10.1 Å². The molecule has 0 amide bonds. The molecule has 1 unspecified atom stereocenters. The van der Waals surface area contributed by atoms with Crippen molar-refractivity contribution in [2.24, 2.45) is 0 Å². The Morgan fingerprint density at radius 3 is 2.75 bits per heavy atom. The molecule has 4 heteroatoms. The van der Waals surface area contributed by atoms with Crippen molar-refractivity contribution >= 4 is 11.4 Å². The summed E-state index contributed by atoms with van der Waals surface area (Å²) in [4.78, 5) is 14.6. The monoisotopic (exact) mass is 272 g/mol. The van der Waals surface area contributed by atoms with E-state index in [1.165, 1.54) is 0 Å². The third-order valence-electron chi connectivity index (χ3n) is 3.34. The smallest absolute Gasteiger partial charge is 0.251 e. The number of anilines is 2. The van der Waals surface area contributed by atoms with Crippen LogP contribution < -0.4 is 10.9 Å². The summed E-state index contributed by atoms with van der Waals surface area (Å²) in [6, 6.07) is 9.49. The van der Waals surface area contributed by atoms with Gasteiger partial charge in [0.05, 0.1) is 11.8 Å². The van der Waals surface area contributed by atoms with Gasteiger partial charge in [-0.15, -0.1) is 0 Å². The van der Waals surface area contributed by atoms with E-state index in [9.17, 15) is 9.90 Å². The average molecular weight is 272 g/mol. The number of H-pyrrole nitrogens is 1. The van der Waals surface area contributed by atoms with Crippen LogP contribution >= 0.6 is 0 Å². The van der Waals surface area contributed by atoms with Crippen molar-refractivity contribution in [2.45, 2.75) is 33.3 Å². The first kappa shape index (κ1) is 14.3. The largest absolute Gasteiger partial charge is 0.389 e. The van der Waals surface area contributed by atoms with Gasteiger partial charge < -0.3 is 15.4 Å². The maximum Gasteiger partial charge on any atom is 0.251 e. The summed E-state index contributed by atoms with van der Waals surface area (Å²) in [6.45, 7) is 5.55. The first-order chi connectivity index (χ1) is 9.51. The second kappa shape index (κ2) is 5.92. The quantitative estimate of drug-likeness (QED) is 0.801. The highest BCUT2D eigenvalue weighted by atomic mass is 16.3. The van der Waals surface area contributed by atoms with Crippen LogP contribution in [-0.2, 0) is 6.42 Å². The van der Waals surface area contributed by atoms with Gasteiger partial charge in [-0.2, -0.15) is 0 Å². The van der Waals surface area contributed by atoms with Crippen molar-refractivity contribution in [3.05, 3.63) is 57.5 Å². The lowest BCUT2D eigenvalue weighted by Gasteiger charge is -2.12. The van der Waals surface area contributed by atoms with Crippen molar-refractivity contribution in [3.8, 4) is 0 Å². The van der Waals surface area contributed by atoms with E-state index in [0.29, 0.717) is 6.42 Å². The summed E-state index contributed by atoms with van der Waals surface area (Å²) in [7, 11) is 0. The van der Waals surface area contributed by atoms with Crippen molar-refractivity contribution < 1.29 is 5.11 Å². The van der Waals surface area contributed by atoms with Gasteiger partial charge in [0.15, 0.2) is 0 Å². The van der Waals surface area contributed by atoms with Crippen LogP contribution in [0.5, 0.6) is 0 Å². The van der Waals surface area contributed by atoms with E-state index in [0.717, 1.165) is 28.2 Å². The van der Waals surface area contributed by atoms with Gasteiger partial charge in [-0.05, 0) is 44.0 Å². The van der Waals surface area contributed by atoms with Gasteiger partial charge in [0.25, 0.3) is 5.56 Å². The van der Waals surface area contributed by atoms with E-state index >= 15 is 0 Å². The summed E-state index contributed by atoms with van der Waals surface area (Å²) in [6.07, 6.45) is 0.192. The van der Waals surface area contributed by atoms with E-state index in [-0.39, 0.29) is 5.56 Å². The molecule has 0 aliphatic heterocycles. The number of rotatable bonds is 4. The molecular weight excluding hydrogens is 252 g/mol. The van der Waals surface area contributed by atoms with Crippen LogP contribution in [0.25, 0.3) is 0 Å². The molecule has 2 aromatic rings. The fraction of sp³-hybridized carbons (Fsp3) is 0.312. The highest BCUT2D eigenvalue weighted by Gasteiger charge is 2.06. The molecule has 0 bridgehead atoms. The summed E-state index contributed by atoms with van der Waals surface area (Å²) < 4.78 is 0. The van der Waals surface area contributed by atoms with Crippen LogP contribution in [0, 0.1) is 6.92 Å². The first-order valence-corrected chi connectivity index (χ1v) is 6.79. The van der Waals surface area contributed by atoms with E-state index in [1.807, 2.05) is 44.2 Å². The summed E-state index contributed by atoms with van der Waals surface area (Å²) in [5, 5.41) is 12.9. The van der Waals surface area contributed by atoms with Crippen LogP contribution in [0.1, 0.15) is 36.8 Å². The lowest BCUT2D eigenvalue weighted by atomic mass is 10.1. The van der Waals surface area contributed by atoms with Crippen LogP contribution in [0.15, 0.2) is 35.1 Å². The Labute approximate surface area is 118 Å². The molecule has 1 aromatic heterocycles. The van der Waals surface area contributed by atoms with Crippen molar-refractivity contribution in [3.63, 3.8) is 0 Å². The first-order valence-electron chi connectivity index (χ1n) is 6.79. The molecule has 2 rings (SSSR count). The van der Waals surface area contributed by atoms with Crippen molar-refractivity contribution in [2.75, 3.05) is 5.32 Å². The van der Waals surface area contributed by atoms with Crippen LogP contribution in [0.2, 0.25) is 0 Å². The second-order valence-electron chi connectivity index (χ2n) is 4.94. The lowest BCUT2D eigenvalue weighted by Crippen LogP contribution is -2.14. The standard InChI is InChI=1S/C16H20N2O2/c1-4-12-9-15(10(2)17-16(12)20)18-14-7-5-6-13(8-14)11(3)19/h5-9,11,18-19H,4H2,1-3H3,(H,17,20). The number of hydrogen-bond acceptors (Lipinski definition) is 3. The zero-order valence-electron chi connectivity index (χ0n) is 12.0. The fourth-order valence-electron chi connectivity index (χ4n) is 2.09. The van der Waals surface area contributed by atoms with Crippen LogP contribution in [0.3, 0.4) is 0 Å². The maximum absolute atomic E-state index is 11.7. The third-order valence-corrected chi connectivity index (χ3v) is 3.34.